The average Bonchev–Trinajstić information content (AvgIpc) is 3.15. The van der Waals surface area contributed by atoms with Crippen molar-refractivity contribution in [3.8, 4) is 0 Å². The molecule has 22 heavy (non-hydrogen) atoms. The zero-order chi connectivity index (χ0) is 15.5. The van der Waals surface area contributed by atoms with E-state index in [1.54, 1.807) is 0 Å². The smallest absolute Gasteiger partial charge is 0.225 e. The molecule has 0 spiro atoms. The molecule has 1 aliphatic carbocycles. The highest BCUT2D eigenvalue weighted by molar-refractivity contribution is 5.92. The van der Waals surface area contributed by atoms with Crippen LogP contribution < -0.4 is 10.2 Å². The number of rotatable bonds is 4. The summed E-state index contributed by atoms with van der Waals surface area (Å²) in [5.74, 6) is 1.47. The van der Waals surface area contributed by atoms with Gasteiger partial charge in [0.1, 0.15) is 0 Å². The highest BCUT2D eigenvalue weighted by Crippen LogP contribution is 2.28. The second-order valence-corrected chi connectivity index (χ2v) is 6.67. The first-order valence-corrected chi connectivity index (χ1v) is 8.53. The summed E-state index contributed by atoms with van der Waals surface area (Å²) in [5.41, 5.74) is 2.54. The number of anilines is 2. The Morgan fingerprint density at radius 3 is 2.27 bits per heavy atom. The monoisotopic (exact) mass is 302 g/mol. The number of aryl methyl sites for hydroxylation is 2. The molecule has 2 fully saturated rings. The van der Waals surface area contributed by atoms with Crippen LogP contribution in [0.1, 0.15) is 56.3 Å². The van der Waals surface area contributed by atoms with Gasteiger partial charge in [-0.3, -0.25) is 4.79 Å². The zero-order valence-corrected chi connectivity index (χ0v) is 13.7. The molecule has 1 aliphatic heterocycles. The fourth-order valence-corrected chi connectivity index (χ4v) is 3.61. The molecule has 1 saturated carbocycles. The second-order valence-electron chi connectivity index (χ2n) is 6.67. The predicted molar refractivity (Wildman–Crippen MR) is 88.2 cm³/mol. The van der Waals surface area contributed by atoms with Gasteiger partial charge in [0.25, 0.3) is 0 Å². The molecule has 2 aliphatic rings. The van der Waals surface area contributed by atoms with Gasteiger partial charge in [0, 0.05) is 19.5 Å². The van der Waals surface area contributed by atoms with Gasteiger partial charge in [-0.15, -0.1) is 0 Å². The highest BCUT2D eigenvalue weighted by atomic mass is 16.1. The Morgan fingerprint density at radius 2 is 1.68 bits per heavy atom. The summed E-state index contributed by atoms with van der Waals surface area (Å²) in [6, 6.07) is 0. The van der Waals surface area contributed by atoms with Crippen LogP contribution in [-0.4, -0.2) is 29.0 Å². The van der Waals surface area contributed by atoms with E-state index in [0.29, 0.717) is 12.3 Å². The number of nitrogens with one attached hydrogen (secondary N) is 1. The summed E-state index contributed by atoms with van der Waals surface area (Å²) in [7, 11) is 0. The third kappa shape index (κ3) is 3.39. The van der Waals surface area contributed by atoms with Gasteiger partial charge in [0.2, 0.25) is 11.9 Å². The Bertz CT molecular complexity index is 523. The summed E-state index contributed by atoms with van der Waals surface area (Å²) in [6.45, 7) is 5.98. The second kappa shape index (κ2) is 6.63. The van der Waals surface area contributed by atoms with Gasteiger partial charge in [-0.2, -0.15) is 0 Å². The molecule has 1 aromatic rings. The van der Waals surface area contributed by atoms with Crippen LogP contribution in [0.4, 0.5) is 11.6 Å². The van der Waals surface area contributed by atoms with E-state index in [2.05, 4.69) is 20.2 Å². The van der Waals surface area contributed by atoms with E-state index in [1.165, 1.54) is 38.5 Å². The van der Waals surface area contributed by atoms with Gasteiger partial charge < -0.3 is 10.2 Å². The highest BCUT2D eigenvalue weighted by Gasteiger charge is 2.21. The first-order valence-electron chi connectivity index (χ1n) is 8.53. The van der Waals surface area contributed by atoms with Crippen molar-refractivity contribution < 1.29 is 4.79 Å². The molecule has 120 valence electrons. The molecule has 1 amide bonds. The molecule has 5 heteroatoms. The molecule has 0 atom stereocenters. The zero-order valence-electron chi connectivity index (χ0n) is 13.7. The number of hydrogen-bond acceptors (Lipinski definition) is 4. The van der Waals surface area contributed by atoms with Crippen LogP contribution in [-0.2, 0) is 4.79 Å². The third-order valence-corrected chi connectivity index (χ3v) is 4.86. The Balaban J connectivity index is 1.68. The maximum Gasteiger partial charge on any atom is 0.225 e. The Morgan fingerprint density at radius 1 is 1.09 bits per heavy atom. The minimum Gasteiger partial charge on any atom is -0.341 e. The predicted octanol–water partition coefficient (Wildman–Crippen LogP) is 3.21. The van der Waals surface area contributed by atoms with E-state index in [9.17, 15) is 4.79 Å². The van der Waals surface area contributed by atoms with Crippen molar-refractivity contribution in [2.75, 3.05) is 23.3 Å². The van der Waals surface area contributed by atoms with Crippen LogP contribution in [0.15, 0.2) is 0 Å². The van der Waals surface area contributed by atoms with Crippen molar-refractivity contribution >= 4 is 17.5 Å². The van der Waals surface area contributed by atoms with Crippen LogP contribution in [0.5, 0.6) is 0 Å². The van der Waals surface area contributed by atoms with Gasteiger partial charge in [0.15, 0.2) is 0 Å². The quantitative estimate of drug-likeness (QED) is 0.928. The average molecular weight is 302 g/mol. The molecule has 1 N–H and O–H groups in total. The van der Waals surface area contributed by atoms with Crippen molar-refractivity contribution in [3.63, 3.8) is 0 Å². The molecule has 2 heterocycles. The lowest BCUT2D eigenvalue weighted by molar-refractivity contribution is -0.117. The summed E-state index contributed by atoms with van der Waals surface area (Å²) < 4.78 is 0. The van der Waals surface area contributed by atoms with Crippen molar-refractivity contribution in [2.45, 2.75) is 58.8 Å². The Labute approximate surface area is 132 Å². The summed E-state index contributed by atoms with van der Waals surface area (Å²) >= 11 is 0. The Kier molecular flexibility index (Phi) is 4.60. The SMILES string of the molecule is Cc1nc(N2CCCC2)nc(C)c1NC(=O)CC1CCCC1. The molecule has 1 aromatic heterocycles. The van der Waals surface area contributed by atoms with Crippen LogP contribution in [0.3, 0.4) is 0 Å². The number of amides is 1. The first kappa shape index (κ1) is 15.3. The lowest BCUT2D eigenvalue weighted by Crippen LogP contribution is -2.23. The normalized spacial score (nSPS) is 18.9. The van der Waals surface area contributed by atoms with Crippen LogP contribution >= 0.6 is 0 Å². The minimum atomic E-state index is 0.107. The largest absolute Gasteiger partial charge is 0.341 e. The van der Waals surface area contributed by atoms with E-state index >= 15 is 0 Å². The summed E-state index contributed by atoms with van der Waals surface area (Å²) in [5, 5.41) is 3.04. The van der Waals surface area contributed by atoms with Crippen molar-refractivity contribution in [1.29, 1.82) is 0 Å². The molecule has 5 nitrogen and oxygen atoms in total. The van der Waals surface area contributed by atoms with Gasteiger partial charge in [-0.25, -0.2) is 9.97 Å². The van der Waals surface area contributed by atoms with Gasteiger partial charge in [-0.05, 0) is 45.4 Å². The maximum absolute atomic E-state index is 12.2. The molecular weight excluding hydrogens is 276 g/mol. The number of carbonyl (C=O) groups excluding carboxylic acids is 1. The van der Waals surface area contributed by atoms with Gasteiger partial charge >= 0.3 is 0 Å². The minimum absolute atomic E-state index is 0.107. The standard InChI is InChI=1S/C17H26N4O/c1-12-16(20-15(22)11-14-7-3-4-8-14)13(2)19-17(18-12)21-9-5-6-10-21/h14H,3-11H2,1-2H3,(H,20,22). The van der Waals surface area contributed by atoms with Crippen LogP contribution in [0.25, 0.3) is 0 Å². The molecule has 1 saturated heterocycles. The van der Waals surface area contributed by atoms with E-state index < -0.39 is 0 Å². The fourth-order valence-electron chi connectivity index (χ4n) is 3.61. The number of carbonyl (C=O) groups is 1. The molecule has 0 bridgehead atoms. The fraction of sp³-hybridized carbons (Fsp3) is 0.706. The lowest BCUT2D eigenvalue weighted by Gasteiger charge is -2.19. The lowest BCUT2D eigenvalue weighted by atomic mass is 10.0. The number of nitrogens with zero attached hydrogens (tertiary/aromatic N) is 3. The van der Waals surface area contributed by atoms with Gasteiger partial charge in [0.05, 0.1) is 17.1 Å². The van der Waals surface area contributed by atoms with E-state index in [0.717, 1.165) is 36.1 Å². The van der Waals surface area contributed by atoms with E-state index in [4.69, 9.17) is 0 Å². The third-order valence-electron chi connectivity index (χ3n) is 4.86. The van der Waals surface area contributed by atoms with Crippen molar-refractivity contribution in [3.05, 3.63) is 11.4 Å². The molecule has 0 unspecified atom stereocenters. The van der Waals surface area contributed by atoms with Crippen LogP contribution in [0.2, 0.25) is 0 Å². The van der Waals surface area contributed by atoms with Crippen molar-refractivity contribution in [2.24, 2.45) is 5.92 Å². The molecule has 0 radical (unpaired) electrons. The number of aromatic nitrogens is 2. The summed E-state index contributed by atoms with van der Waals surface area (Å²) in [6.07, 6.45) is 7.97. The summed E-state index contributed by atoms with van der Waals surface area (Å²) in [4.78, 5) is 23.7. The van der Waals surface area contributed by atoms with Crippen molar-refractivity contribution in [1.82, 2.24) is 9.97 Å². The number of hydrogen-bond donors (Lipinski definition) is 1. The van der Waals surface area contributed by atoms with Gasteiger partial charge in [-0.1, -0.05) is 12.8 Å². The Hall–Kier alpha value is -1.65. The molecule has 0 aromatic carbocycles. The van der Waals surface area contributed by atoms with E-state index in [-0.39, 0.29) is 5.91 Å². The molecular formula is C17H26N4O. The first-order chi connectivity index (χ1) is 10.6. The van der Waals surface area contributed by atoms with E-state index in [1.807, 2.05) is 13.8 Å². The molecule has 3 rings (SSSR count). The topological polar surface area (TPSA) is 58.1 Å². The van der Waals surface area contributed by atoms with Crippen LogP contribution in [0, 0.1) is 19.8 Å². The maximum atomic E-state index is 12.2.